The molecule has 0 aromatic heterocycles. The summed E-state index contributed by atoms with van der Waals surface area (Å²) in [6.07, 6.45) is 11.7. The molecule has 0 saturated heterocycles. The molecule has 124 valence electrons. The van der Waals surface area contributed by atoms with Crippen LogP contribution in [0.2, 0.25) is 18.1 Å². The molecule has 0 saturated carbocycles. The molecule has 0 N–H and O–H groups in total. The first-order chi connectivity index (χ1) is 10.1. The van der Waals surface area contributed by atoms with Crippen LogP contribution < -0.4 is 0 Å². The summed E-state index contributed by atoms with van der Waals surface area (Å²) < 4.78 is 12.4. The van der Waals surface area contributed by atoms with Gasteiger partial charge in [-0.1, -0.05) is 44.4 Å². The summed E-state index contributed by atoms with van der Waals surface area (Å²) in [5.74, 6) is 3.01. The van der Waals surface area contributed by atoms with E-state index in [0.717, 1.165) is 12.8 Å². The third-order valence-electron chi connectivity index (χ3n) is 5.12. The molecule has 3 heteroatoms. The highest BCUT2D eigenvalue weighted by Gasteiger charge is 2.44. The van der Waals surface area contributed by atoms with Gasteiger partial charge in [-0.15, -0.1) is 13.0 Å². The number of rotatable bonds is 6. The zero-order valence-electron chi connectivity index (χ0n) is 15.2. The fourth-order valence-corrected chi connectivity index (χ4v) is 3.37. The number of terminal acetylenes is 1. The highest BCUT2D eigenvalue weighted by Crippen LogP contribution is 2.41. The van der Waals surface area contributed by atoms with Crippen LogP contribution in [0.5, 0.6) is 0 Å². The van der Waals surface area contributed by atoms with E-state index in [1.165, 1.54) is 5.57 Å². The van der Waals surface area contributed by atoms with E-state index in [-0.39, 0.29) is 16.6 Å². The molecule has 0 aliphatic heterocycles. The van der Waals surface area contributed by atoms with Crippen LogP contribution in [-0.2, 0) is 9.16 Å². The average molecular weight is 321 g/mol. The number of allylic oxidation sites excluding steroid dienone is 1. The maximum Gasteiger partial charge on any atom is 0.192 e. The summed E-state index contributed by atoms with van der Waals surface area (Å²) in [5, 5.41) is 0.181. The molecule has 1 rings (SSSR count). The molecule has 0 unspecified atom stereocenters. The third kappa shape index (κ3) is 4.35. The fourth-order valence-electron chi connectivity index (χ4n) is 2.32. The van der Waals surface area contributed by atoms with Gasteiger partial charge in [-0.25, -0.2) is 0 Å². The van der Waals surface area contributed by atoms with Crippen molar-refractivity contribution in [2.24, 2.45) is 5.41 Å². The van der Waals surface area contributed by atoms with Crippen molar-refractivity contribution < 1.29 is 9.16 Å². The number of ether oxygens (including phenoxy) is 1. The summed E-state index contributed by atoms with van der Waals surface area (Å²) >= 11 is 0. The Morgan fingerprint density at radius 3 is 2.64 bits per heavy atom. The van der Waals surface area contributed by atoms with Gasteiger partial charge in [0.15, 0.2) is 8.32 Å². The Bertz CT molecular complexity index is 465. The van der Waals surface area contributed by atoms with Gasteiger partial charge in [-0.2, -0.15) is 0 Å². The van der Waals surface area contributed by atoms with Crippen LogP contribution in [-0.4, -0.2) is 27.6 Å². The SMILES string of the molecule is C#C[C@@]1(CO[Si](C)(C)C(C)(C)C)CCC(C)=C[C@@H]1OCC=C. The maximum atomic E-state index is 6.43. The fraction of sp³-hybridized carbons (Fsp3) is 0.684. The van der Waals surface area contributed by atoms with Crippen molar-refractivity contribution in [3.8, 4) is 12.3 Å². The Morgan fingerprint density at radius 1 is 1.50 bits per heavy atom. The summed E-state index contributed by atoms with van der Waals surface area (Å²) in [6.45, 7) is 18.2. The lowest BCUT2D eigenvalue weighted by Crippen LogP contribution is -2.48. The van der Waals surface area contributed by atoms with Gasteiger partial charge in [0, 0.05) is 0 Å². The molecule has 0 aromatic rings. The lowest BCUT2D eigenvalue weighted by molar-refractivity contribution is -0.00371. The van der Waals surface area contributed by atoms with Crippen molar-refractivity contribution in [2.75, 3.05) is 13.2 Å². The van der Waals surface area contributed by atoms with Crippen molar-refractivity contribution in [3.05, 3.63) is 24.3 Å². The van der Waals surface area contributed by atoms with Crippen molar-refractivity contribution in [1.82, 2.24) is 0 Å². The van der Waals surface area contributed by atoms with Crippen molar-refractivity contribution in [1.29, 1.82) is 0 Å². The highest BCUT2D eigenvalue weighted by atomic mass is 28.4. The van der Waals surface area contributed by atoms with E-state index >= 15 is 0 Å². The van der Waals surface area contributed by atoms with E-state index in [9.17, 15) is 0 Å². The van der Waals surface area contributed by atoms with Gasteiger partial charge < -0.3 is 9.16 Å². The van der Waals surface area contributed by atoms with E-state index < -0.39 is 8.32 Å². The predicted octanol–water partition coefficient (Wildman–Crippen LogP) is 4.94. The van der Waals surface area contributed by atoms with Gasteiger partial charge in [0.25, 0.3) is 0 Å². The van der Waals surface area contributed by atoms with E-state index in [4.69, 9.17) is 15.6 Å². The average Bonchev–Trinajstić information content (AvgIpc) is 2.43. The third-order valence-corrected chi connectivity index (χ3v) is 9.60. The van der Waals surface area contributed by atoms with Gasteiger partial charge >= 0.3 is 0 Å². The molecule has 0 bridgehead atoms. The summed E-state index contributed by atoms with van der Waals surface area (Å²) in [4.78, 5) is 0. The second kappa shape index (κ2) is 7.17. The van der Waals surface area contributed by atoms with E-state index in [2.05, 4.69) is 59.4 Å². The second-order valence-corrected chi connectivity index (χ2v) is 12.7. The van der Waals surface area contributed by atoms with E-state index in [1.54, 1.807) is 6.08 Å². The molecule has 0 fully saturated rings. The van der Waals surface area contributed by atoms with Crippen molar-refractivity contribution in [3.63, 3.8) is 0 Å². The van der Waals surface area contributed by atoms with Crippen LogP contribution >= 0.6 is 0 Å². The molecule has 1 aliphatic rings. The Morgan fingerprint density at radius 2 is 2.14 bits per heavy atom. The lowest BCUT2D eigenvalue weighted by Gasteiger charge is -2.43. The quantitative estimate of drug-likeness (QED) is 0.392. The Labute approximate surface area is 138 Å². The topological polar surface area (TPSA) is 18.5 Å². The minimum absolute atomic E-state index is 0.0889. The van der Waals surface area contributed by atoms with E-state index in [1.807, 2.05) is 0 Å². The summed E-state index contributed by atoms with van der Waals surface area (Å²) in [7, 11) is -1.82. The monoisotopic (exact) mass is 320 g/mol. The molecule has 0 heterocycles. The molecule has 2 atom stereocenters. The van der Waals surface area contributed by atoms with Crippen LogP contribution in [0.3, 0.4) is 0 Å². The predicted molar refractivity (Wildman–Crippen MR) is 97.3 cm³/mol. The standard InChI is InChI=1S/C19H32O2Si/c1-9-13-20-17-14-16(3)11-12-19(17,10-2)15-21-22(7,8)18(4,5)6/h2,9,14,17H,1,11-13,15H2,3-8H3/t17-,19-/m0/s1. The van der Waals surface area contributed by atoms with E-state index in [0.29, 0.717) is 13.2 Å². The van der Waals surface area contributed by atoms with Crippen LogP contribution in [0.1, 0.15) is 40.5 Å². The first-order valence-corrected chi connectivity index (χ1v) is 11.0. The van der Waals surface area contributed by atoms with Gasteiger partial charge in [0.2, 0.25) is 0 Å². The minimum atomic E-state index is -1.82. The molecule has 0 spiro atoms. The Kier molecular flexibility index (Phi) is 6.26. The van der Waals surface area contributed by atoms with Crippen LogP contribution in [0.15, 0.2) is 24.3 Å². The minimum Gasteiger partial charge on any atom is -0.415 e. The molecular weight excluding hydrogens is 288 g/mol. The maximum absolute atomic E-state index is 6.43. The smallest absolute Gasteiger partial charge is 0.192 e. The summed E-state index contributed by atoms with van der Waals surface area (Å²) in [6, 6.07) is 0. The normalized spacial score (nSPS) is 26.2. The zero-order chi connectivity index (χ0) is 17.0. The van der Waals surface area contributed by atoms with Crippen LogP contribution in [0.25, 0.3) is 0 Å². The second-order valence-electron chi connectivity index (χ2n) is 7.91. The largest absolute Gasteiger partial charge is 0.415 e. The molecular formula is C19H32O2Si. The zero-order valence-corrected chi connectivity index (χ0v) is 16.2. The Balaban J connectivity index is 2.95. The van der Waals surface area contributed by atoms with Crippen molar-refractivity contribution >= 4 is 8.32 Å². The van der Waals surface area contributed by atoms with Crippen LogP contribution in [0.4, 0.5) is 0 Å². The van der Waals surface area contributed by atoms with Gasteiger partial charge in [-0.05, 0) is 37.9 Å². The first-order valence-electron chi connectivity index (χ1n) is 8.09. The Hall–Kier alpha value is -0.823. The van der Waals surface area contributed by atoms with Gasteiger partial charge in [0.1, 0.15) is 0 Å². The van der Waals surface area contributed by atoms with Crippen LogP contribution in [0, 0.1) is 17.8 Å². The number of hydrogen-bond donors (Lipinski definition) is 0. The van der Waals surface area contributed by atoms with Gasteiger partial charge in [0.05, 0.1) is 24.7 Å². The molecule has 0 amide bonds. The molecule has 22 heavy (non-hydrogen) atoms. The lowest BCUT2D eigenvalue weighted by atomic mass is 9.74. The molecule has 1 aliphatic carbocycles. The first kappa shape index (κ1) is 19.2. The highest BCUT2D eigenvalue weighted by molar-refractivity contribution is 6.74. The van der Waals surface area contributed by atoms with Crippen molar-refractivity contribution in [2.45, 2.75) is 64.8 Å². The van der Waals surface area contributed by atoms with Gasteiger partial charge in [-0.3, -0.25) is 0 Å². The molecule has 0 aromatic carbocycles. The number of hydrogen-bond acceptors (Lipinski definition) is 2. The molecule has 0 radical (unpaired) electrons. The summed E-state index contributed by atoms with van der Waals surface area (Å²) in [5.41, 5.74) is 0.977. The molecule has 2 nitrogen and oxygen atoms in total.